The zero-order valence-corrected chi connectivity index (χ0v) is 11.2. The van der Waals surface area contributed by atoms with Crippen molar-refractivity contribution >= 4 is 12.0 Å². The third-order valence-corrected chi connectivity index (χ3v) is 3.10. The maximum Gasteiger partial charge on any atom is 0.328 e. The highest BCUT2D eigenvalue weighted by Crippen LogP contribution is 2.06. The number of aliphatic carboxylic acids is 1. The lowest BCUT2D eigenvalue weighted by molar-refractivity contribution is -0.142. The Balaban J connectivity index is 2.11. The number of amides is 2. The molecule has 0 aromatic carbocycles. The van der Waals surface area contributed by atoms with Crippen LogP contribution in [0.5, 0.6) is 0 Å². The molecule has 0 spiro atoms. The number of nitrogens with one attached hydrogen (secondary N) is 2. The molecule has 0 unspecified atom stereocenters. The van der Waals surface area contributed by atoms with Crippen LogP contribution in [0.15, 0.2) is 0 Å². The minimum absolute atomic E-state index is 0.427. The van der Waals surface area contributed by atoms with E-state index in [0.29, 0.717) is 6.54 Å². The molecule has 0 bridgehead atoms. The Hall–Kier alpha value is -1.30. The van der Waals surface area contributed by atoms with Gasteiger partial charge < -0.3 is 20.6 Å². The summed E-state index contributed by atoms with van der Waals surface area (Å²) in [4.78, 5) is 24.6. The molecule has 0 atom stereocenters. The fourth-order valence-electron chi connectivity index (χ4n) is 1.89. The second kappa shape index (κ2) is 6.58. The highest BCUT2D eigenvalue weighted by molar-refractivity contribution is 5.85. The Bertz CT molecular complexity index is 299. The van der Waals surface area contributed by atoms with Crippen LogP contribution in [-0.4, -0.2) is 53.7 Å². The van der Waals surface area contributed by atoms with E-state index in [4.69, 9.17) is 5.11 Å². The summed E-state index contributed by atoms with van der Waals surface area (Å²) in [5.74, 6) is -1.05. The lowest BCUT2D eigenvalue weighted by Gasteiger charge is -2.21. The van der Waals surface area contributed by atoms with Crippen LogP contribution in [0.3, 0.4) is 0 Å². The van der Waals surface area contributed by atoms with Crippen molar-refractivity contribution in [3.05, 3.63) is 0 Å². The van der Waals surface area contributed by atoms with Crippen molar-refractivity contribution in [2.45, 2.75) is 38.6 Å². The van der Waals surface area contributed by atoms with Crippen LogP contribution in [-0.2, 0) is 4.79 Å². The monoisotopic (exact) mass is 257 g/mol. The molecule has 1 rings (SSSR count). The Morgan fingerprint density at radius 2 is 1.89 bits per heavy atom. The van der Waals surface area contributed by atoms with Crippen molar-refractivity contribution in [3.8, 4) is 0 Å². The van der Waals surface area contributed by atoms with Crippen molar-refractivity contribution in [1.29, 1.82) is 0 Å². The predicted octanol–water partition coefficient (Wildman–Crippen LogP) is 0.635. The highest BCUT2D eigenvalue weighted by atomic mass is 16.4. The molecule has 1 aliphatic rings. The van der Waals surface area contributed by atoms with E-state index in [0.717, 1.165) is 26.1 Å². The maximum atomic E-state index is 11.5. The van der Waals surface area contributed by atoms with Crippen LogP contribution in [0.2, 0.25) is 0 Å². The molecule has 0 aromatic heterocycles. The zero-order chi connectivity index (χ0) is 13.6. The highest BCUT2D eigenvalue weighted by Gasteiger charge is 2.28. The fraction of sp³-hybridized carbons (Fsp3) is 0.833. The van der Waals surface area contributed by atoms with Gasteiger partial charge >= 0.3 is 12.0 Å². The second-order valence-electron chi connectivity index (χ2n) is 5.21. The molecule has 0 aromatic rings. The van der Waals surface area contributed by atoms with Gasteiger partial charge in [-0.05, 0) is 52.7 Å². The summed E-state index contributed by atoms with van der Waals surface area (Å²) in [7, 11) is 0. The van der Waals surface area contributed by atoms with Crippen molar-refractivity contribution in [2.75, 3.05) is 26.2 Å². The number of likely N-dealkylation sites (tertiary alicyclic amines) is 1. The van der Waals surface area contributed by atoms with Crippen LogP contribution in [0.1, 0.15) is 33.1 Å². The summed E-state index contributed by atoms with van der Waals surface area (Å²) in [5.41, 5.74) is -1.24. The molecule has 1 heterocycles. The second-order valence-corrected chi connectivity index (χ2v) is 5.21. The molecule has 1 fully saturated rings. The van der Waals surface area contributed by atoms with E-state index in [1.807, 2.05) is 0 Å². The van der Waals surface area contributed by atoms with Gasteiger partial charge in [0.25, 0.3) is 0 Å². The van der Waals surface area contributed by atoms with E-state index in [1.165, 1.54) is 26.7 Å². The molecule has 1 saturated heterocycles. The molecule has 6 heteroatoms. The van der Waals surface area contributed by atoms with Gasteiger partial charge in [0.2, 0.25) is 0 Å². The van der Waals surface area contributed by atoms with E-state index in [2.05, 4.69) is 15.5 Å². The van der Waals surface area contributed by atoms with Crippen LogP contribution in [0, 0.1) is 0 Å². The van der Waals surface area contributed by atoms with Gasteiger partial charge in [-0.15, -0.1) is 0 Å². The smallest absolute Gasteiger partial charge is 0.328 e. The molecule has 0 saturated carbocycles. The molecule has 0 aliphatic carbocycles. The molecule has 1 aliphatic heterocycles. The average molecular weight is 257 g/mol. The Kier molecular flexibility index (Phi) is 5.40. The summed E-state index contributed by atoms with van der Waals surface area (Å²) < 4.78 is 0. The molecule has 104 valence electrons. The van der Waals surface area contributed by atoms with Crippen molar-refractivity contribution in [2.24, 2.45) is 0 Å². The Morgan fingerprint density at radius 1 is 1.28 bits per heavy atom. The SMILES string of the molecule is CC(C)(NC(=O)NCCCN1CCCC1)C(=O)O. The van der Waals surface area contributed by atoms with Crippen molar-refractivity contribution in [1.82, 2.24) is 15.5 Å². The average Bonchev–Trinajstić information content (AvgIpc) is 2.76. The zero-order valence-electron chi connectivity index (χ0n) is 11.2. The van der Waals surface area contributed by atoms with Gasteiger partial charge in [0.05, 0.1) is 0 Å². The van der Waals surface area contributed by atoms with Gasteiger partial charge in [0, 0.05) is 6.54 Å². The van der Waals surface area contributed by atoms with E-state index in [1.54, 1.807) is 0 Å². The van der Waals surface area contributed by atoms with Gasteiger partial charge in [-0.25, -0.2) is 9.59 Å². The number of carbonyl (C=O) groups excluding carboxylic acids is 1. The number of urea groups is 1. The van der Waals surface area contributed by atoms with Gasteiger partial charge in [0.15, 0.2) is 0 Å². The van der Waals surface area contributed by atoms with Crippen LogP contribution in [0.25, 0.3) is 0 Å². The molecule has 18 heavy (non-hydrogen) atoms. The van der Waals surface area contributed by atoms with E-state index >= 15 is 0 Å². The predicted molar refractivity (Wildman–Crippen MR) is 68.5 cm³/mol. The first-order valence-electron chi connectivity index (χ1n) is 6.43. The van der Waals surface area contributed by atoms with Crippen LogP contribution >= 0.6 is 0 Å². The van der Waals surface area contributed by atoms with Gasteiger partial charge in [0.1, 0.15) is 5.54 Å². The standard InChI is InChI=1S/C12H23N3O3/c1-12(2,10(16)17)14-11(18)13-6-5-9-15-7-3-4-8-15/h3-9H2,1-2H3,(H,16,17)(H2,13,14,18). The normalized spacial score (nSPS) is 16.6. The van der Waals surface area contributed by atoms with Crippen molar-refractivity contribution in [3.63, 3.8) is 0 Å². The third-order valence-electron chi connectivity index (χ3n) is 3.10. The number of carboxylic acid groups (broad SMARTS) is 1. The number of carboxylic acids is 1. The lowest BCUT2D eigenvalue weighted by Crippen LogP contribution is -2.53. The number of carbonyl (C=O) groups is 2. The van der Waals surface area contributed by atoms with Gasteiger partial charge in [-0.1, -0.05) is 0 Å². The van der Waals surface area contributed by atoms with Crippen molar-refractivity contribution < 1.29 is 14.7 Å². The van der Waals surface area contributed by atoms with Gasteiger partial charge in [-0.2, -0.15) is 0 Å². The minimum atomic E-state index is -1.24. The van der Waals surface area contributed by atoms with E-state index in [-0.39, 0.29) is 0 Å². The topological polar surface area (TPSA) is 81.7 Å². The molecular formula is C12H23N3O3. The van der Waals surface area contributed by atoms with E-state index in [9.17, 15) is 9.59 Å². The summed E-state index contributed by atoms with van der Waals surface area (Å²) in [6.45, 7) is 6.77. The van der Waals surface area contributed by atoms with E-state index < -0.39 is 17.5 Å². The summed E-state index contributed by atoms with van der Waals surface area (Å²) in [5, 5.41) is 14.0. The Labute approximate surface area is 108 Å². The quantitative estimate of drug-likeness (QED) is 0.610. The molecule has 6 nitrogen and oxygen atoms in total. The number of nitrogens with zero attached hydrogens (tertiary/aromatic N) is 1. The third kappa shape index (κ3) is 4.91. The van der Waals surface area contributed by atoms with Crippen LogP contribution < -0.4 is 10.6 Å². The molecular weight excluding hydrogens is 234 g/mol. The maximum absolute atomic E-state index is 11.5. The fourth-order valence-corrected chi connectivity index (χ4v) is 1.89. The largest absolute Gasteiger partial charge is 0.480 e. The Morgan fingerprint density at radius 3 is 2.44 bits per heavy atom. The number of hydrogen-bond acceptors (Lipinski definition) is 3. The van der Waals surface area contributed by atoms with Gasteiger partial charge in [-0.3, -0.25) is 0 Å². The summed E-state index contributed by atoms with van der Waals surface area (Å²) in [6, 6.07) is -0.427. The first-order chi connectivity index (χ1) is 8.42. The molecule has 2 amide bonds. The lowest BCUT2D eigenvalue weighted by atomic mass is 10.1. The summed E-state index contributed by atoms with van der Waals surface area (Å²) in [6.07, 6.45) is 3.42. The molecule has 0 radical (unpaired) electrons. The number of hydrogen-bond donors (Lipinski definition) is 3. The first kappa shape index (κ1) is 14.8. The first-order valence-corrected chi connectivity index (χ1v) is 6.43. The molecule has 3 N–H and O–H groups in total. The summed E-state index contributed by atoms with van der Waals surface area (Å²) >= 11 is 0. The van der Waals surface area contributed by atoms with Crippen LogP contribution in [0.4, 0.5) is 4.79 Å². The number of rotatable bonds is 6. The minimum Gasteiger partial charge on any atom is -0.480 e.